The quantitative estimate of drug-likeness (QED) is 0.493. The van der Waals surface area contributed by atoms with Crippen molar-refractivity contribution in [1.29, 1.82) is 0 Å². The highest BCUT2D eigenvalue weighted by atomic mass is 16.5. The minimum Gasteiger partial charge on any atom is -0.497 e. The fraction of sp³-hybridized carbons (Fsp3) is 0.259. The molecule has 1 atom stereocenters. The number of hydrogen-bond acceptors (Lipinski definition) is 5. The SMILES string of the molecule is COc1ccc([C@H](CNC(=O)c2ccc3c(c2)C(=O)c2ccccc2-3)N2CCOCC2)cc1. The Bertz CT molecular complexity index is 1180. The van der Waals surface area contributed by atoms with Crippen molar-refractivity contribution >= 4 is 11.7 Å². The number of rotatable bonds is 6. The number of amides is 1. The van der Waals surface area contributed by atoms with Crippen LogP contribution in [0, 0.1) is 0 Å². The van der Waals surface area contributed by atoms with Gasteiger partial charge in [0.25, 0.3) is 5.91 Å². The molecule has 0 bridgehead atoms. The zero-order valence-electron chi connectivity index (χ0n) is 18.5. The number of morpholine rings is 1. The maximum Gasteiger partial charge on any atom is 0.251 e. The van der Waals surface area contributed by atoms with E-state index in [-0.39, 0.29) is 17.7 Å². The molecule has 1 amide bonds. The predicted octanol–water partition coefficient (Wildman–Crippen LogP) is 3.71. The molecule has 33 heavy (non-hydrogen) atoms. The number of carbonyl (C=O) groups is 2. The van der Waals surface area contributed by atoms with Crippen LogP contribution in [0.4, 0.5) is 0 Å². The molecule has 2 aliphatic rings. The lowest BCUT2D eigenvalue weighted by Crippen LogP contribution is -2.43. The van der Waals surface area contributed by atoms with E-state index in [4.69, 9.17) is 9.47 Å². The number of ether oxygens (including phenoxy) is 2. The van der Waals surface area contributed by atoms with Crippen LogP contribution >= 0.6 is 0 Å². The summed E-state index contributed by atoms with van der Waals surface area (Å²) in [6, 6.07) is 20.9. The molecule has 3 aromatic rings. The van der Waals surface area contributed by atoms with E-state index in [2.05, 4.69) is 10.2 Å². The largest absolute Gasteiger partial charge is 0.497 e. The molecule has 6 heteroatoms. The molecule has 1 aliphatic heterocycles. The molecule has 1 N–H and O–H groups in total. The van der Waals surface area contributed by atoms with Crippen LogP contribution in [0.1, 0.15) is 37.9 Å². The number of hydrogen-bond donors (Lipinski definition) is 1. The zero-order chi connectivity index (χ0) is 22.8. The average molecular weight is 443 g/mol. The van der Waals surface area contributed by atoms with Crippen molar-refractivity contribution in [2.75, 3.05) is 40.0 Å². The van der Waals surface area contributed by atoms with Crippen molar-refractivity contribution in [2.24, 2.45) is 0 Å². The first-order valence-corrected chi connectivity index (χ1v) is 11.2. The second kappa shape index (κ2) is 9.17. The molecular formula is C27H26N2O4. The first kappa shape index (κ1) is 21.4. The molecule has 0 spiro atoms. The van der Waals surface area contributed by atoms with Crippen LogP contribution in [0.25, 0.3) is 11.1 Å². The average Bonchev–Trinajstić information content (AvgIpc) is 3.16. The first-order valence-electron chi connectivity index (χ1n) is 11.2. The van der Waals surface area contributed by atoms with Crippen LogP contribution in [0.3, 0.4) is 0 Å². The number of benzene rings is 3. The van der Waals surface area contributed by atoms with Gasteiger partial charge in [-0.1, -0.05) is 42.5 Å². The van der Waals surface area contributed by atoms with Gasteiger partial charge in [0.05, 0.1) is 26.4 Å². The summed E-state index contributed by atoms with van der Waals surface area (Å²) in [6.45, 7) is 3.41. The lowest BCUT2D eigenvalue weighted by atomic mass is 10.0. The lowest BCUT2D eigenvalue weighted by molar-refractivity contribution is 0.0162. The third-order valence-electron chi connectivity index (χ3n) is 6.43. The third kappa shape index (κ3) is 4.15. The van der Waals surface area contributed by atoms with E-state index in [9.17, 15) is 9.59 Å². The molecule has 6 nitrogen and oxygen atoms in total. The molecule has 1 aliphatic carbocycles. The van der Waals surface area contributed by atoms with Gasteiger partial charge in [-0.05, 0) is 41.0 Å². The third-order valence-corrected chi connectivity index (χ3v) is 6.43. The van der Waals surface area contributed by atoms with Crippen LogP contribution in [0.15, 0.2) is 66.7 Å². The topological polar surface area (TPSA) is 67.9 Å². The summed E-state index contributed by atoms with van der Waals surface area (Å²) in [4.78, 5) is 28.2. The molecule has 1 saturated heterocycles. The van der Waals surface area contributed by atoms with E-state index in [1.807, 2.05) is 54.6 Å². The second-order valence-electron chi connectivity index (χ2n) is 8.28. The maximum absolute atomic E-state index is 13.1. The standard InChI is InChI=1S/C27H26N2O4/c1-32-20-9-6-18(7-10-20)25(29-12-14-33-15-13-29)17-28-27(31)19-8-11-22-21-4-2-3-5-23(21)26(30)24(22)16-19/h2-11,16,25H,12-15,17H2,1H3,(H,28,31)/t25-/m0/s1. The van der Waals surface area contributed by atoms with Crippen LogP contribution in [-0.2, 0) is 4.74 Å². The van der Waals surface area contributed by atoms with E-state index in [0.717, 1.165) is 35.5 Å². The molecule has 1 fully saturated rings. The molecule has 168 valence electrons. The zero-order valence-corrected chi connectivity index (χ0v) is 18.5. The summed E-state index contributed by atoms with van der Waals surface area (Å²) in [5.74, 6) is 0.584. The van der Waals surface area contributed by atoms with E-state index in [1.54, 1.807) is 19.2 Å². The van der Waals surface area contributed by atoms with Gasteiger partial charge in [0.1, 0.15) is 5.75 Å². The highest BCUT2D eigenvalue weighted by molar-refractivity contribution is 6.22. The first-order chi connectivity index (χ1) is 16.2. The van der Waals surface area contributed by atoms with E-state index in [0.29, 0.717) is 36.4 Å². The van der Waals surface area contributed by atoms with Gasteiger partial charge in [-0.25, -0.2) is 0 Å². The smallest absolute Gasteiger partial charge is 0.251 e. The van der Waals surface area contributed by atoms with E-state index in [1.165, 1.54) is 0 Å². The second-order valence-corrected chi connectivity index (χ2v) is 8.28. The Morgan fingerprint density at radius 2 is 1.67 bits per heavy atom. The minimum atomic E-state index is -0.187. The summed E-state index contributed by atoms with van der Waals surface area (Å²) in [5.41, 5.74) is 4.69. The van der Waals surface area contributed by atoms with Gasteiger partial charge < -0.3 is 14.8 Å². The van der Waals surface area contributed by atoms with Crippen LogP contribution < -0.4 is 10.1 Å². The summed E-state index contributed by atoms with van der Waals surface area (Å²) in [7, 11) is 1.65. The van der Waals surface area contributed by atoms with Crippen molar-refractivity contribution in [3.8, 4) is 16.9 Å². The minimum absolute atomic E-state index is 0.0177. The molecule has 3 aromatic carbocycles. The van der Waals surface area contributed by atoms with Gasteiger partial charge in [0.2, 0.25) is 0 Å². The van der Waals surface area contributed by atoms with Crippen LogP contribution in [0.2, 0.25) is 0 Å². The Morgan fingerprint density at radius 1 is 0.970 bits per heavy atom. The fourth-order valence-electron chi connectivity index (χ4n) is 4.63. The number of nitrogens with zero attached hydrogens (tertiary/aromatic N) is 1. The number of methoxy groups -OCH3 is 1. The molecule has 0 saturated carbocycles. The number of carbonyl (C=O) groups excluding carboxylic acids is 2. The highest BCUT2D eigenvalue weighted by Crippen LogP contribution is 2.36. The number of nitrogens with one attached hydrogen (secondary N) is 1. The Morgan fingerprint density at radius 3 is 2.39 bits per heavy atom. The maximum atomic E-state index is 13.1. The Labute approximate surface area is 193 Å². The lowest BCUT2D eigenvalue weighted by Gasteiger charge is -2.35. The fourth-order valence-corrected chi connectivity index (χ4v) is 4.63. The summed E-state index contributed by atoms with van der Waals surface area (Å²) >= 11 is 0. The van der Waals surface area contributed by atoms with Crippen LogP contribution in [0.5, 0.6) is 5.75 Å². The molecule has 0 unspecified atom stereocenters. The van der Waals surface area contributed by atoms with Crippen molar-refractivity contribution in [1.82, 2.24) is 10.2 Å². The van der Waals surface area contributed by atoms with Crippen molar-refractivity contribution < 1.29 is 19.1 Å². The predicted molar refractivity (Wildman–Crippen MR) is 126 cm³/mol. The molecule has 0 aromatic heterocycles. The van der Waals surface area contributed by atoms with Gasteiger partial charge in [0, 0.05) is 36.3 Å². The normalized spacial score (nSPS) is 16.1. The molecule has 5 rings (SSSR count). The monoisotopic (exact) mass is 442 g/mol. The summed E-state index contributed by atoms with van der Waals surface area (Å²) in [5, 5.41) is 3.09. The van der Waals surface area contributed by atoms with Crippen molar-refractivity contribution in [3.63, 3.8) is 0 Å². The van der Waals surface area contributed by atoms with Crippen molar-refractivity contribution in [2.45, 2.75) is 6.04 Å². The summed E-state index contributed by atoms with van der Waals surface area (Å²) in [6.07, 6.45) is 0. The molecular weight excluding hydrogens is 416 g/mol. The van der Waals surface area contributed by atoms with Gasteiger partial charge in [-0.2, -0.15) is 0 Å². The van der Waals surface area contributed by atoms with Gasteiger partial charge in [-0.15, -0.1) is 0 Å². The van der Waals surface area contributed by atoms with Gasteiger partial charge >= 0.3 is 0 Å². The summed E-state index contributed by atoms with van der Waals surface area (Å²) < 4.78 is 10.8. The highest BCUT2D eigenvalue weighted by Gasteiger charge is 2.28. The Balaban J connectivity index is 1.34. The molecule has 1 heterocycles. The van der Waals surface area contributed by atoms with Crippen LogP contribution in [-0.4, -0.2) is 56.5 Å². The van der Waals surface area contributed by atoms with E-state index >= 15 is 0 Å². The molecule has 0 radical (unpaired) electrons. The Kier molecular flexibility index (Phi) is 5.94. The number of ketones is 1. The van der Waals surface area contributed by atoms with Gasteiger partial charge in [0.15, 0.2) is 5.78 Å². The Hall–Kier alpha value is -3.48. The van der Waals surface area contributed by atoms with Crippen molar-refractivity contribution in [3.05, 3.63) is 89.0 Å². The number of fused-ring (bicyclic) bond motifs is 3. The van der Waals surface area contributed by atoms with E-state index < -0.39 is 0 Å². The van der Waals surface area contributed by atoms with Gasteiger partial charge in [-0.3, -0.25) is 14.5 Å².